The van der Waals surface area contributed by atoms with Crippen molar-refractivity contribution >= 4 is 10.0 Å². The first-order valence-corrected chi connectivity index (χ1v) is 14.0. The second-order valence-corrected chi connectivity index (χ2v) is 11.8. The number of rotatable bonds is 6. The second-order valence-electron chi connectivity index (χ2n) is 9.86. The van der Waals surface area contributed by atoms with E-state index in [9.17, 15) is 13.5 Å². The van der Waals surface area contributed by atoms with Gasteiger partial charge in [-0.3, -0.25) is 4.90 Å². The average Bonchev–Trinajstić information content (AvgIpc) is 2.85. The van der Waals surface area contributed by atoms with E-state index in [4.69, 9.17) is 4.74 Å². The molecule has 0 saturated carbocycles. The maximum absolute atomic E-state index is 13.7. The van der Waals surface area contributed by atoms with Crippen LogP contribution in [0.2, 0.25) is 0 Å². The molecule has 0 amide bonds. The van der Waals surface area contributed by atoms with Crippen LogP contribution in [0.5, 0.6) is 5.75 Å². The zero-order chi connectivity index (χ0) is 25.3. The highest BCUT2D eigenvalue weighted by molar-refractivity contribution is 7.89. The van der Waals surface area contributed by atoms with Crippen molar-refractivity contribution in [3.05, 3.63) is 83.9 Å². The first-order valence-electron chi connectivity index (χ1n) is 12.6. The summed E-state index contributed by atoms with van der Waals surface area (Å²) in [7, 11) is -1.85. The van der Waals surface area contributed by atoms with Crippen molar-refractivity contribution in [1.82, 2.24) is 9.21 Å². The van der Waals surface area contributed by atoms with Crippen LogP contribution in [-0.4, -0.2) is 68.2 Å². The van der Waals surface area contributed by atoms with Crippen molar-refractivity contribution in [1.29, 1.82) is 0 Å². The minimum Gasteiger partial charge on any atom is -0.508 e. The van der Waals surface area contributed by atoms with Gasteiger partial charge in [-0.2, -0.15) is 4.31 Å². The highest BCUT2D eigenvalue weighted by Gasteiger charge is 2.50. The lowest BCUT2D eigenvalue weighted by atomic mass is 9.74. The molecule has 1 N–H and O–H groups in total. The van der Waals surface area contributed by atoms with Gasteiger partial charge in [-0.1, -0.05) is 54.6 Å². The average molecular weight is 507 g/mol. The maximum Gasteiger partial charge on any atom is 0.243 e. The molecule has 1 unspecified atom stereocenters. The molecule has 3 aromatic carbocycles. The predicted octanol–water partition coefficient (Wildman–Crippen LogP) is 4.64. The summed E-state index contributed by atoms with van der Waals surface area (Å²) in [5.74, 6) is 0.423. The molecule has 2 fully saturated rings. The van der Waals surface area contributed by atoms with E-state index in [1.807, 2.05) is 31.2 Å². The SMILES string of the molecule is COC[C@@H]1C(c2ccc(-c3cccc(O)c3)cc2)[C@@H]2CN(S(=O)(=O)c3ccccc3C)CCCCN12. The molecule has 5 rings (SSSR count). The molecule has 36 heavy (non-hydrogen) atoms. The van der Waals surface area contributed by atoms with Crippen LogP contribution in [0.1, 0.15) is 29.9 Å². The molecule has 2 aliphatic heterocycles. The predicted molar refractivity (Wildman–Crippen MR) is 142 cm³/mol. The number of hydrogen-bond donors (Lipinski definition) is 1. The number of fused-ring (bicyclic) bond motifs is 1. The number of ether oxygens (including phenoxy) is 1. The number of aryl methyl sites for hydroxylation is 1. The van der Waals surface area contributed by atoms with E-state index in [1.165, 1.54) is 5.56 Å². The smallest absolute Gasteiger partial charge is 0.243 e. The Labute approximate surface area is 214 Å². The minimum absolute atomic E-state index is 0.0934. The molecule has 0 spiro atoms. The van der Waals surface area contributed by atoms with Crippen molar-refractivity contribution in [3.63, 3.8) is 0 Å². The van der Waals surface area contributed by atoms with Gasteiger partial charge in [-0.15, -0.1) is 0 Å². The van der Waals surface area contributed by atoms with Crippen molar-refractivity contribution in [2.75, 3.05) is 33.4 Å². The highest BCUT2D eigenvalue weighted by Crippen LogP contribution is 2.43. The number of benzene rings is 3. The molecule has 3 aromatic rings. The Kier molecular flexibility index (Phi) is 7.17. The Balaban J connectivity index is 1.45. The van der Waals surface area contributed by atoms with Crippen LogP contribution in [0.3, 0.4) is 0 Å². The third-order valence-electron chi connectivity index (χ3n) is 7.67. The van der Waals surface area contributed by atoms with Gasteiger partial charge in [0.15, 0.2) is 0 Å². The zero-order valence-electron chi connectivity index (χ0n) is 20.9. The first-order chi connectivity index (χ1) is 17.4. The van der Waals surface area contributed by atoms with Crippen molar-refractivity contribution in [2.45, 2.75) is 42.7 Å². The first kappa shape index (κ1) is 25.0. The molecular formula is C29H34N2O4S. The van der Waals surface area contributed by atoms with Crippen LogP contribution >= 0.6 is 0 Å². The molecule has 6 nitrogen and oxygen atoms in total. The Morgan fingerprint density at radius 1 is 0.944 bits per heavy atom. The number of phenols is 1. The molecule has 0 aromatic heterocycles. The van der Waals surface area contributed by atoms with E-state index in [1.54, 1.807) is 35.7 Å². The van der Waals surface area contributed by atoms with Crippen LogP contribution in [-0.2, 0) is 14.8 Å². The van der Waals surface area contributed by atoms with Gasteiger partial charge in [0, 0.05) is 38.2 Å². The van der Waals surface area contributed by atoms with Crippen LogP contribution in [0.25, 0.3) is 11.1 Å². The summed E-state index contributed by atoms with van der Waals surface area (Å²) in [4.78, 5) is 2.84. The highest BCUT2D eigenvalue weighted by atomic mass is 32.2. The Bertz CT molecular complexity index is 1310. The van der Waals surface area contributed by atoms with E-state index in [0.29, 0.717) is 24.6 Å². The van der Waals surface area contributed by atoms with Gasteiger partial charge in [0.2, 0.25) is 10.0 Å². The number of aromatic hydroxyl groups is 1. The van der Waals surface area contributed by atoms with E-state index in [-0.39, 0.29) is 23.8 Å². The molecule has 0 radical (unpaired) electrons. The molecule has 2 aliphatic rings. The molecule has 190 valence electrons. The van der Waals surface area contributed by atoms with Crippen LogP contribution < -0.4 is 0 Å². The van der Waals surface area contributed by atoms with Gasteiger partial charge < -0.3 is 9.84 Å². The number of sulfonamides is 1. The van der Waals surface area contributed by atoms with E-state index >= 15 is 0 Å². The standard InChI is InChI=1S/C29H34N2O4S/c1-21-8-3-4-11-28(21)36(33,34)30-16-5-6-17-31-26(19-30)29(27(31)20-35-2)23-14-12-22(13-15-23)24-9-7-10-25(32)18-24/h3-4,7-15,18,26-27,29,32H,5-6,16-17,19-20H2,1-2H3/t26-,27+,29?/m0/s1. The minimum atomic E-state index is -3.59. The van der Waals surface area contributed by atoms with Crippen LogP contribution in [0.15, 0.2) is 77.7 Å². The number of phenolic OH excluding ortho intramolecular Hbond substituents is 1. The Morgan fingerprint density at radius 2 is 1.69 bits per heavy atom. The number of nitrogens with zero attached hydrogens (tertiary/aromatic N) is 2. The topological polar surface area (TPSA) is 70.1 Å². The molecule has 0 aliphatic carbocycles. The Hall–Kier alpha value is -2.71. The lowest BCUT2D eigenvalue weighted by molar-refractivity contribution is -0.0635. The monoisotopic (exact) mass is 506 g/mol. The fourth-order valence-electron chi connectivity index (χ4n) is 5.85. The quantitative estimate of drug-likeness (QED) is 0.528. The lowest BCUT2D eigenvalue weighted by Gasteiger charge is -2.57. The summed E-state index contributed by atoms with van der Waals surface area (Å²) in [5.41, 5.74) is 3.97. The maximum atomic E-state index is 13.7. The van der Waals surface area contributed by atoms with E-state index < -0.39 is 10.0 Å². The molecule has 2 saturated heterocycles. The Morgan fingerprint density at radius 3 is 2.42 bits per heavy atom. The number of hydrogen-bond acceptors (Lipinski definition) is 5. The third kappa shape index (κ3) is 4.68. The van der Waals surface area contributed by atoms with E-state index in [2.05, 4.69) is 29.2 Å². The van der Waals surface area contributed by atoms with Gasteiger partial charge in [0.05, 0.1) is 11.5 Å². The molecule has 2 heterocycles. The van der Waals surface area contributed by atoms with Crippen LogP contribution in [0.4, 0.5) is 0 Å². The van der Waals surface area contributed by atoms with E-state index in [0.717, 1.165) is 36.1 Å². The summed E-state index contributed by atoms with van der Waals surface area (Å²) >= 11 is 0. The summed E-state index contributed by atoms with van der Waals surface area (Å²) in [6.45, 7) is 4.43. The van der Waals surface area contributed by atoms with Gasteiger partial charge in [0.25, 0.3) is 0 Å². The van der Waals surface area contributed by atoms with Gasteiger partial charge in [-0.25, -0.2) is 8.42 Å². The van der Waals surface area contributed by atoms with Crippen LogP contribution in [0, 0.1) is 6.92 Å². The lowest BCUT2D eigenvalue weighted by Crippen LogP contribution is -2.68. The summed E-state index contributed by atoms with van der Waals surface area (Å²) in [6, 6.07) is 23.3. The van der Waals surface area contributed by atoms with Gasteiger partial charge in [-0.05, 0) is 66.8 Å². The number of methoxy groups -OCH3 is 1. The second kappa shape index (κ2) is 10.3. The summed E-state index contributed by atoms with van der Waals surface area (Å²) in [6.07, 6.45) is 1.80. The van der Waals surface area contributed by atoms with Crippen molar-refractivity contribution < 1.29 is 18.3 Å². The summed E-state index contributed by atoms with van der Waals surface area (Å²) < 4.78 is 34.7. The molecular weight excluding hydrogens is 472 g/mol. The molecule has 0 bridgehead atoms. The van der Waals surface area contributed by atoms with Gasteiger partial charge in [0.1, 0.15) is 5.75 Å². The third-order valence-corrected chi connectivity index (χ3v) is 9.69. The van der Waals surface area contributed by atoms with Crippen molar-refractivity contribution in [3.8, 4) is 16.9 Å². The molecule has 3 atom stereocenters. The van der Waals surface area contributed by atoms with Crippen molar-refractivity contribution in [2.24, 2.45) is 0 Å². The zero-order valence-corrected chi connectivity index (χ0v) is 21.7. The summed E-state index contributed by atoms with van der Waals surface area (Å²) in [5, 5.41) is 9.85. The normalized spacial score (nSPS) is 23.3. The largest absolute Gasteiger partial charge is 0.508 e. The fraction of sp³-hybridized carbons (Fsp3) is 0.379. The van der Waals surface area contributed by atoms with Gasteiger partial charge >= 0.3 is 0 Å². The fourth-order valence-corrected chi connectivity index (χ4v) is 7.57. The molecule has 7 heteroatoms.